The maximum Gasteiger partial charge on any atom is 0.241 e. The van der Waals surface area contributed by atoms with Gasteiger partial charge in [-0.3, -0.25) is 10.1 Å². The Morgan fingerprint density at radius 3 is 2.60 bits per heavy atom. The minimum Gasteiger partial charge on any atom is -0.322 e. The highest BCUT2D eigenvalue weighted by Crippen LogP contribution is 2.20. The standard InChI is InChI=1S/C11H22N2OS/c1-5-9-11(14)13(8(3)7-15-4)10(6-2)12-9/h8-10,12H,5-7H2,1-4H3. The van der Waals surface area contributed by atoms with Gasteiger partial charge in [-0.15, -0.1) is 0 Å². The highest BCUT2D eigenvalue weighted by atomic mass is 32.2. The number of rotatable bonds is 5. The maximum absolute atomic E-state index is 12.1. The van der Waals surface area contributed by atoms with E-state index in [-0.39, 0.29) is 18.1 Å². The number of thioether (sulfide) groups is 1. The molecular weight excluding hydrogens is 208 g/mol. The first-order valence-corrected chi connectivity index (χ1v) is 7.12. The van der Waals surface area contributed by atoms with Gasteiger partial charge < -0.3 is 4.90 Å². The van der Waals surface area contributed by atoms with Gasteiger partial charge in [0.2, 0.25) is 5.91 Å². The van der Waals surface area contributed by atoms with Gasteiger partial charge in [-0.1, -0.05) is 13.8 Å². The average molecular weight is 230 g/mol. The van der Waals surface area contributed by atoms with E-state index in [9.17, 15) is 4.79 Å². The summed E-state index contributed by atoms with van der Waals surface area (Å²) in [5.74, 6) is 1.30. The number of nitrogens with one attached hydrogen (secondary N) is 1. The third-order valence-corrected chi connectivity index (χ3v) is 3.78. The van der Waals surface area contributed by atoms with Crippen LogP contribution in [0.15, 0.2) is 0 Å². The zero-order valence-electron chi connectivity index (χ0n) is 10.1. The van der Waals surface area contributed by atoms with Gasteiger partial charge in [0.05, 0.1) is 12.2 Å². The van der Waals surface area contributed by atoms with Gasteiger partial charge in [-0.25, -0.2) is 0 Å². The number of hydrogen-bond donors (Lipinski definition) is 1. The first kappa shape index (κ1) is 12.8. The van der Waals surface area contributed by atoms with Crippen LogP contribution in [-0.2, 0) is 4.79 Å². The van der Waals surface area contributed by atoms with Crippen molar-refractivity contribution >= 4 is 17.7 Å². The van der Waals surface area contributed by atoms with E-state index in [1.54, 1.807) is 11.8 Å². The molecule has 1 fully saturated rings. The van der Waals surface area contributed by atoms with Crippen molar-refractivity contribution in [2.75, 3.05) is 12.0 Å². The molecule has 0 saturated carbocycles. The van der Waals surface area contributed by atoms with Gasteiger partial charge in [-0.2, -0.15) is 11.8 Å². The zero-order valence-corrected chi connectivity index (χ0v) is 10.9. The summed E-state index contributed by atoms with van der Waals surface area (Å²) < 4.78 is 0. The van der Waals surface area contributed by atoms with Crippen LogP contribution in [0.2, 0.25) is 0 Å². The van der Waals surface area contributed by atoms with Crippen LogP contribution in [0, 0.1) is 0 Å². The summed E-state index contributed by atoms with van der Waals surface area (Å²) in [6, 6.07) is 0.376. The fourth-order valence-corrected chi connectivity index (χ4v) is 2.81. The van der Waals surface area contributed by atoms with Gasteiger partial charge in [0.1, 0.15) is 0 Å². The Morgan fingerprint density at radius 2 is 2.13 bits per heavy atom. The molecule has 1 heterocycles. The topological polar surface area (TPSA) is 32.3 Å². The maximum atomic E-state index is 12.1. The third kappa shape index (κ3) is 2.67. The molecular formula is C11H22N2OS. The molecule has 0 radical (unpaired) electrons. The second kappa shape index (κ2) is 5.75. The Balaban J connectivity index is 2.71. The second-order valence-corrected chi connectivity index (χ2v) is 5.01. The number of nitrogens with zero attached hydrogens (tertiary/aromatic N) is 1. The van der Waals surface area contributed by atoms with Gasteiger partial charge in [-0.05, 0) is 26.0 Å². The van der Waals surface area contributed by atoms with E-state index >= 15 is 0 Å². The van der Waals surface area contributed by atoms with Gasteiger partial charge in [0.15, 0.2) is 0 Å². The van der Waals surface area contributed by atoms with Crippen molar-refractivity contribution in [3.8, 4) is 0 Å². The molecule has 0 spiro atoms. The van der Waals surface area contributed by atoms with E-state index in [0.717, 1.165) is 18.6 Å². The van der Waals surface area contributed by atoms with Crippen LogP contribution in [0.3, 0.4) is 0 Å². The molecule has 1 amide bonds. The van der Waals surface area contributed by atoms with Crippen LogP contribution in [0.5, 0.6) is 0 Å². The molecule has 1 N–H and O–H groups in total. The lowest BCUT2D eigenvalue weighted by atomic mass is 10.2. The lowest BCUT2D eigenvalue weighted by Crippen LogP contribution is -2.44. The molecule has 1 aliphatic rings. The highest BCUT2D eigenvalue weighted by Gasteiger charge is 2.38. The van der Waals surface area contributed by atoms with Gasteiger partial charge in [0.25, 0.3) is 0 Å². The van der Waals surface area contributed by atoms with E-state index in [0.29, 0.717) is 6.04 Å². The molecule has 4 heteroatoms. The molecule has 88 valence electrons. The number of hydrogen-bond acceptors (Lipinski definition) is 3. The summed E-state index contributed by atoms with van der Waals surface area (Å²) in [7, 11) is 0. The molecule has 1 rings (SSSR count). The van der Waals surface area contributed by atoms with E-state index in [2.05, 4.69) is 32.3 Å². The second-order valence-electron chi connectivity index (χ2n) is 4.10. The Morgan fingerprint density at radius 1 is 1.47 bits per heavy atom. The fraction of sp³-hybridized carbons (Fsp3) is 0.909. The van der Waals surface area contributed by atoms with Crippen molar-refractivity contribution in [1.82, 2.24) is 10.2 Å². The summed E-state index contributed by atoms with van der Waals surface area (Å²) in [5, 5.41) is 3.40. The molecule has 0 aromatic rings. The SMILES string of the molecule is CCC1NC(CC)N(C(C)CSC)C1=O. The molecule has 1 saturated heterocycles. The Kier molecular flexibility index (Phi) is 4.93. The molecule has 1 aliphatic heterocycles. The molecule has 0 aromatic carbocycles. The molecule has 0 aliphatic carbocycles. The summed E-state index contributed by atoms with van der Waals surface area (Å²) in [4.78, 5) is 14.1. The van der Waals surface area contributed by atoms with Crippen LogP contribution in [0.25, 0.3) is 0 Å². The normalized spacial score (nSPS) is 28.5. The number of amides is 1. The molecule has 3 atom stereocenters. The third-order valence-electron chi connectivity index (χ3n) is 2.96. The summed E-state index contributed by atoms with van der Waals surface area (Å²) in [5.41, 5.74) is 0. The minimum atomic E-state index is 0.0410. The summed E-state index contributed by atoms with van der Waals surface area (Å²) in [6.45, 7) is 6.32. The highest BCUT2D eigenvalue weighted by molar-refractivity contribution is 7.98. The van der Waals surface area contributed by atoms with Crippen LogP contribution >= 0.6 is 11.8 Å². The summed E-state index contributed by atoms with van der Waals surface area (Å²) >= 11 is 1.80. The Hall–Kier alpha value is -0.220. The lowest BCUT2D eigenvalue weighted by molar-refractivity contribution is -0.131. The largest absolute Gasteiger partial charge is 0.322 e. The van der Waals surface area contributed by atoms with Crippen molar-refractivity contribution in [3.05, 3.63) is 0 Å². The smallest absolute Gasteiger partial charge is 0.241 e. The minimum absolute atomic E-state index is 0.0410. The Bertz CT molecular complexity index is 223. The first-order chi connectivity index (χ1) is 7.15. The van der Waals surface area contributed by atoms with Crippen LogP contribution < -0.4 is 5.32 Å². The molecule has 0 bridgehead atoms. The number of carbonyl (C=O) groups is 1. The average Bonchev–Trinajstić information content (AvgIpc) is 2.55. The van der Waals surface area contributed by atoms with Crippen molar-refractivity contribution in [1.29, 1.82) is 0 Å². The first-order valence-electron chi connectivity index (χ1n) is 5.72. The monoisotopic (exact) mass is 230 g/mol. The number of carbonyl (C=O) groups excluding carboxylic acids is 1. The van der Waals surface area contributed by atoms with Crippen LogP contribution in [-0.4, -0.2) is 41.1 Å². The van der Waals surface area contributed by atoms with Crippen molar-refractivity contribution in [2.24, 2.45) is 0 Å². The van der Waals surface area contributed by atoms with Crippen molar-refractivity contribution < 1.29 is 4.79 Å². The van der Waals surface area contributed by atoms with Gasteiger partial charge in [0, 0.05) is 11.8 Å². The van der Waals surface area contributed by atoms with Gasteiger partial charge >= 0.3 is 0 Å². The predicted molar refractivity (Wildman–Crippen MR) is 66.0 cm³/mol. The van der Waals surface area contributed by atoms with E-state index in [1.165, 1.54) is 0 Å². The zero-order chi connectivity index (χ0) is 11.4. The quantitative estimate of drug-likeness (QED) is 0.780. The van der Waals surface area contributed by atoms with E-state index < -0.39 is 0 Å². The fourth-order valence-electron chi connectivity index (χ4n) is 2.17. The molecule has 3 nitrogen and oxygen atoms in total. The van der Waals surface area contributed by atoms with E-state index in [4.69, 9.17) is 0 Å². The van der Waals surface area contributed by atoms with Crippen LogP contribution in [0.4, 0.5) is 0 Å². The van der Waals surface area contributed by atoms with Crippen molar-refractivity contribution in [3.63, 3.8) is 0 Å². The van der Waals surface area contributed by atoms with E-state index in [1.807, 2.05) is 4.90 Å². The van der Waals surface area contributed by atoms with Crippen molar-refractivity contribution in [2.45, 2.75) is 51.9 Å². The van der Waals surface area contributed by atoms with Crippen LogP contribution in [0.1, 0.15) is 33.6 Å². The molecule has 3 unspecified atom stereocenters. The Labute approximate surface area is 97.0 Å². The molecule has 15 heavy (non-hydrogen) atoms. The lowest BCUT2D eigenvalue weighted by Gasteiger charge is -2.29. The summed E-state index contributed by atoms with van der Waals surface area (Å²) in [6.07, 6.45) is 4.20. The predicted octanol–water partition coefficient (Wildman–Crippen LogP) is 1.68. The molecule has 0 aromatic heterocycles.